The summed E-state index contributed by atoms with van der Waals surface area (Å²) in [5, 5.41) is 3.53. The zero-order valence-electron chi connectivity index (χ0n) is 18.4. The Morgan fingerprint density at radius 3 is 2.74 bits per heavy atom. The highest BCUT2D eigenvalue weighted by Gasteiger charge is 2.35. The van der Waals surface area contributed by atoms with E-state index in [2.05, 4.69) is 15.9 Å². The molecule has 1 aliphatic rings. The molecule has 0 N–H and O–H groups in total. The van der Waals surface area contributed by atoms with Gasteiger partial charge in [-0.15, -0.1) is 11.3 Å². The van der Waals surface area contributed by atoms with Gasteiger partial charge in [-0.05, 0) is 37.3 Å². The first-order valence-electron chi connectivity index (χ1n) is 10.5. The van der Waals surface area contributed by atoms with Gasteiger partial charge in [0, 0.05) is 23.0 Å². The topological polar surface area (TPSA) is 42.3 Å². The molecule has 0 radical (unpaired) electrons. The van der Waals surface area contributed by atoms with Crippen LogP contribution in [0.3, 0.4) is 0 Å². The van der Waals surface area contributed by atoms with E-state index in [1.807, 2.05) is 53.1 Å². The predicted molar refractivity (Wildman–Crippen MR) is 136 cm³/mol. The number of fused-ring (bicyclic) bond motifs is 1. The van der Waals surface area contributed by atoms with Crippen LogP contribution in [0.5, 0.6) is 0 Å². The molecule has 1 aliphatic heterocycles. The molecule has 3 aromatic heterocycles. The van der Waals surface area contributed by atoms with E-state index < -0.39 is 11.9 Å². The number of aromatic nitrogens is 2. The maximum Gasteiger partial charge on any atom is 0.449 e. The number of hydrogen-bond donors (Lipinski definition) is 0. The summed E-state index contributed by atoms with van der Waals surface area (Å²) in [4.78, 5) is 16.4. The van der Waals surface area contributed by atoms with Gasteiger partial charge in [-0.3, -0.25) is 9.36 Å². The number of thiazole rings is 2. The van der Waals surface area contributed by atoms with Crippen LogP contribution in [0.1, 0.15) is 23.5 Å². The van der Waals surface area contributed by atoms with Crippen molar-refractivity contribution in [3.05, 3.63) is 82.5 Å². The van der Waals surface area contributed by atoms with E-state index in [9.17, 15) is 18.0 Å². The number of rotatable bonds is 4. The fourth-order valence-corrected chi connectivity index (χ4v) is 7.61. The molecule has 0 unspecified atom stereocenters. The molecule has 0 saturated carbocycles. The molecule has 4 aromatic rings. The smallest absolute Gasteiger partial charge is 0.449 e. The Bertz CT molecular complexity index is 1600. The van der Waals surface area contributed by atoms with Crippen molar-refractivity contribution in [2.24, 2.45) is 0 Å². The van der Waals surface area contributed by atoms with Gasteiger partial charge in [-0.1, -0.05) is 39.0 Å². The van der Waals surface area contributed by atoms with E-state index in [1.165, 1.54) is 28.7 Å². The highest BCUT2D eigenvalue weighted by molar-refractivity contribution is 9.10. The van der Waals surface area contributed by atoms with Gasteiger partial charge in [0.15, 0.2) is 12.0 Å². The maximum absolute atomic E-state index is 13.3. The van der Waals surface area contributed by atoms with Crippen molar-refractivity contribution in [2.75, 3.05) is 11.9 Å². The summed E-state index contributed by atoms with van der Waals surface area (Å²) >= 11 is 7.92. The van der Waals surface area contributed by atoms with Crippen molar-refractivity contribution in [3.63, 3.8) is 0 Å². The molecule has 0 bridgehead atoms. The number of benzene rings is 1. The number of halogens is 4. The quantitative estimate of drug-likeness (QED) is 0.314. The van der Waals surface area contributed by atoms with Gasteiger partial charge in [0.05, 0.1) is 17.1 Å². The van der Waals surface area contributed by atoms with Gasteiger partial charge in [-0.2, -0.15) is 17.7 Å². The lowest BCUT2D eigenvalue weighted by Gasteiger charge is -2.12. The molecular formula is C23H18BrF3N3O2S3+. The van der Waals surface area contributed by atoms with Crippen LogP contribution < -0.4 is 24.2 Å². The van der Waals surface area contributed by atoms with Gasteiger partial charge in [-0.25, -0.2) is 0 Å². The molecule has 1 aromatic carbocycles. The molecular weight excluding hydrogens is 583 g/mol. The van der Waals surface area contributed by atoms with Crippen LogP contribution >= 0.6 is 50.4 Å². The number of nitrogens with zero attached hydrogens (tertiary/aromatic N) is 3. The van der Waals surface area contributed by atoms with Crippen LogP contribution in [-0.4, -0.2) is 11.6 Å². The SMILES string of the molecule is CCn1c(=Cc2scc[n+]2Cc2ccc(C(F)(F)F)o2)sc(=C2Sc3cc(Br)ccc3N2C)c1=O. The number of anilines is 1. The fraction of sp³-hybridized carbons (Fsp3) is 0.217. The van der Waals surface area contributed by atoms with Crippen molar-refractivity contribution in [3.8, 4) is 0 Å². The third-order valence-corrected chi connectivity index (χ3v) is 9.26. The third-order valence-electron chi connectivity index (χ3n) is 5.44. The van der Waals surface area contributed by atoms with E-state index in [-0.39, 0.29) is 17.9 Å². The second kappa shape index (κ2) is 9.30. The van der Waals surface area contributed by atoms with Gasteiger partial charge in [0.25, 0.3) is 10.6 Å². The monoisotopic (exact) mass is 600 g/mol. The normalized spacial score (nSPS) is 15.8. The molecule has 12 heteroatoms. The standard InChI is InChI=1S/C23H18BrF3N3O2S3/c1-3-30-19(11-18-29(8-9-33-18)12-14-5-7-17(32-14)23(25,26)27)35-20(21(30)31)22-28(2)15-6-4-13(24)10-16(15)34-22/h4-11H,3,12H2,1-2H3/q+1. The average Bonchev–Trinajstić information content (AvgIpc) is 3.56. The summed E-state index contributed by atoms with van der Waals surface area (Å²) in [5.74, 6) is -0.807. The summed E-state index contributed by atoms with van der Waals surface area (Å²) in [6, 6.07) is 8.31. The van der Waals surface area contributed by atoms with Crippen molar-refractivity contribution >= 4 is 67.2 Å². The fourth-order valence-electron chi connectivity index (χ4n) is 3.75. The summed E-state index contributed by atoms with van der Waals surface area (Å²) in [6.07, 6.45) is -0.823. The Labute approximate surface area is 218 Å². The van der Waals surface area contributed by atoms with E-state index in [1.54, 1.807) is 22.5 Å². The third kappa shape index (κ3) is 4.64. The molecule has 0 amide bonds. The molecule has 0 atom stereocenters. The lowest BCUT2D eigenvalue weighted by molar-refractivity contribution is -0.686. The van der Waals surface area contributed by atoms with E-state index in [0.29, 0.717) is 11.1 Å². The van der Waals surface area contributed by atoms with Gasteiger partial charge in [0.1, 0.15) is 14.2 Å². The van der Waals surface area contributed by atoms with Crippen molar-refractivity contribution in [1.82, 2.24) is 4.57 Å². The molecule has 0 aliphatic carbocycles. The molecule has 0 fully saturated rings. The number of thioether (sulfide) groups is 1. The molecule has 182 valence electrons. The zero-order chi connectivity index (χ0) is 24.9. The van der Waals surface area contributed by atoms with Crippen LogP contribution in [0.25, 0.3) is 11.1 Å². The molecule has 4 heterocycles. The molecule has 5 rings (SSSR count). The summed E-state index contributed by atoms with van der Waals surface area (Å²) in [5.41, 5.74) is 0.983. The number of alkyl halides is 3. The minimum absolute atomic E-state index is 0.0612. The predicted octanol–water partition coefficient (Wildman–Crippen LogP) is 4.84. The van der Waals surface area contributed by atoms with Gasteiger partial charge < -0.3 is 9.32 Å². The summed E-state index contributed by atoms with van der Waals surface area (Å²) in [7, 11) is 1.95. The minimum atomic E-state index is -4.52. The Balaban J connectivity index is 1.55. The van der Waals surface area contributed by atoms with Crippen molar-refractivity contribution in [1.29, 1.82) is 0 Å². The Morgan fingerprint density at radius 2 is 2.03 bits per heavy atom. The lowest BCUT2D eigenvalue weighted by atomic mass is 10.3. The summed E-state index contributed by atoms with van der Waals surface area (Å²) < 4.78 is 49.6. The minimum Gasteiger partial charge on any atom is -0.450 e. The Morgan fingerprint density at radius 1 is 1.23 bits per heavy atom. The second-order valence-electron chi connectivity index (χ2n) is 7.67. The van der Waals surface area contributed by atoms with Gasteiger partial charge in [0.2, 0.25) is 12.3 Å². The number of furan rings is 1. The highest BCUT2D eigenvalue weighted by Crippen LogP contribution is 2.46. The Hall–Kier alpha value is -2.28. The van der Waals surface area contributed by atoms with E-state index >= 15 is 0 Å². The van der Waals surface area contributed by atoms with E-state index in [4.69, 9.17) is 4.42 Å². The van der Waals surface area contributed by atoms with Crippen LogP contribution in [-0.2, 0) is 19.3 Å². The van der Waals surface area contributed by atoms with Crippen LogP contribution in [0, 0.1) is 0 Å². The highest BCUT2D eigenvalue weighted by atomic mass is 79.9. The zero-order valence-corrected chi connectivity index (χ0v) is 22.5. The second-order valence-corrected chi connectivity index (χ2v) is 11.6. The van der Waals surface area contributed by atoms with E-state index in [0.717, 1.165) is 35.8 Å². The molecule has 35 heavy (non-hydrogen) atoms. The first-order valence-corrected chi connectivity index (χ1v) is 13.8. The average molecular weight is 602 g/mol. The van der Waals surface area contributed by atoms with Crippen molar-refractivity contribution in [2.45, 2.75) is 31.1 Å². The lowest BCUT2D eigenvalue weighted by Crippen LogP contribution is -2.36. The molecule has 5 nitrogen and oxygen atoms in total. The first kappa shape index (κ1) is 24.4. The maximum atomic E-state index is 13.3. The largest absolute Gasteiger partial charge is 0.450 e. The first-order chi connectivity index (χ1) is 16.7. The summed E-state index contributed by atoms with van der Waals surface area (Å²) in [6.45, 7) is 2.57. The van der Waals surface area contributed by atoms with Gasteiger partial charge >= 0.3 is 6.18 Å². The van der Waals surface area contributed by atoms with Crippen LogP contribution in [0.15, 0.2) is 60.5 Å². The van der Waals surface area contributed by atoms with Crippen molar-refractivity contribution < 1.29 is 22.2 Å². The molecule has 0 spiro atoms. The molecule has 0 saturated heterocycles. The number of hydrogen-bond acceptors (Lipinski definition) is 6. The van der Waals surface area contributed by atoms with Crippen LogP contribution in [0.2, 0.25) is 0 Å². The van der Waals surface area contributed by atoms with Crippen LogP contribution in [0.4, 0.5) is 18.9 Å². The Kier molecular flexibility index (Phi) is 6.49.